The largest absolute Gasteiger partial charge is 0.481 e. The smallest absolute Gasteiger partial charge is 0.303 e. The monoisotopic (exact) mass is 312 g/mol. The van der Waals surface area contributed by atoms with Crippen molar-refractivity contribution in [2.45, 2.75) is 51.0 Å². The number of ether oxygens (including phenoxy) is 1. The molecule has 2 aliphatic heterocycles. The van der Waals surface area contributed by atoms with Gasteiger partial charge in [0.1, 0.15) is 0 Å². The molecular weight excluding hydrogens is 284 g/mol. The number of rotatable bonds is 6. The zero-order valence-electron chi connectivity index (χ0n) is 13.3. The third-order valence-corrected chi connectivity index (χ3v) is 4.39. The summed E-state index contributed by atoms with van der Waals surface area (Å²) in [6.45, 7) is 5.24. The summed E-state index contributed by atoms with van der Waals surface area (Å²) in [5.41, 5.74) is 0. The maximum Gasteiger partial charge on any atom is 0.303 e. The van der Waals surface area contributed by atoms with Gasteiger partial charge in [-0.05, 0) is 38.8 Å². The van der Waals surface area contributed by atoms with E-state index in [9.17, 15) is 9.59 Å². The Morgan fingerprint density at radius 3 is 2.55 bits per heavy atom. The van der Waals surface area contributed by atoms with Gasteiger partial charge in [-0.3, -0.25) is 9.59 Å². The van der Waals surface area contributed by atoms with Crippen LogP contribution >= 0.6 is 0 Å². The van der Waals surface area contributed by atoms with Gasteiger partial charge >= 0.3 is 5.97 Å². The van der Waals surface area contributed by atoms with Crippen molar-refractivity contribution in [3.63, 3.8) is 0 Å². The van der Waals surface area contributed by atoms with Crippen molar-refractivity contribution in [3.8, 4) is 0 Å². The second-order valence-corrected chi connectivity index (χ2v) is 6.29. The fraction of sp³-hybridized carbons (Fsp3) is 0.875. The zero-order valence-corrected chi connectivity index (χ0v) is 13.3. The fourth-order valence-corrected chi connectivity index (χ4v) is 3.21. The molecule has 2 aliphatic rings. The molecule has 22 heavy (non-hydrogen) atoms. The SMILES string of the molecule is O=C(O)CCCC(=O)N1CCCO[C@@H](CN2CCCCC2)C1. The summed E-state index contributed by atoms with van der Waals surface area (Å²) in [6.07, 6.45) is 5.58. The second-order valence-electron chi connectivity index (χ2n) is 6.29. The molecule has 0 aromatic rings. The third kappa shape index (κ3) is 5.93. The predicted octanol–water partition coefficient (Wildman–Crippen LogP) is 1.34. The second kappa shape index (κ2) is 9.10. The van der Waals surface area contributed by atoms with Crippen molar-refractivity contribution < 1.29 is 19.4 Å². The first kappa shape index (κ1) is 17.2. The lowest BCUT2D eigenvalue weighted by atomic mass is 10.1. The maximum absolute atomic E-state index is 12.2. The van der Waals surface area contributed by atoms with E-state index in [1.165, 1.54) is 19.3 Å². The number of aliphatic carboxylic acids is 1. The number of carbonyl (C=O) groups excluding carboxylic acids is 1. The number of carbonyl (C=O) groups is 2. The van der Waals surface area contributed by atoms with Gasteiger partial charge in [-0.1, -0.05) is 6.42 Å². The van der Waals surface area contributed by atoms with E-state index in [2.05, 4.69) is 4.90 Å². The molecule has 6 heteroatoms. The molecule has 2 heterocycles. The van der Waals surface area contributed by atoms with Gasteiger partial charge in [0, 0.05) is 39.1 Å². The molecule has 0 unspecified atom stereocenters. The molecule has 1 N–H and O–H groups in total. The van der Waals surface area contributed by atoms with Crippen LogP contribution in [0.5, 0.6) is 0 Å². The highest BCUT2D eigenvalue weighted by Gasteiger charge is 2.24. The van der Waals surface area contributed by atoms with Gasteiger partial charge in [0.15, 0.2) is 0 Å². The highest BCUT2D eigenvalue weighted by Crippen LogP contribution is 2.14. The molecule has 0 spiro atoms. The van der Waals surface area contributed by atoms with Gasteiger partial charge < -0.3 is 19.6 Å². The summed E-state index contributed by atoms with van der Waals surface area (Å²) in [5.74, 6) is -0.773. The van der Waals surface area contributed by atoms with Crippen LogP contribution in [-0.4, -0.2) is 72.2 Å². The Bertz CT molecular complexity index is 369. The van der Waals surface area contributed by atoms with Crippen molar-refractivity contribution in [3.05, 3.63) is 0 Å². The molecule has 0 aromatic carbocycles. The fourth-order valence-electron chi connectivity index (χ4n) is 3.21. The molecule has 6 nitrogen and oxygen atoms in total. The van der Waals surface area contributed by atoms with E-state index >= 15 is 0 Å². The number of carboxylic acids is 1. The number of amides is 1. The van der Waals surface area contributed by atoms with E-state index in [1.807, 2.05) is 4.90 Å². The summed E-state index contributed by atoms with van der Waals surface area (Å²) in [6, 6.07) is 0. The van der Waals surface area contributed by atoms with Crippen LogP contribution in [0.25, 0.3) is 0 Å². The van der Waals surface area contributed by atoms with Crippen molar-refractivity contribution >= 4 is 11.9 Å². The van der Waals surface area contributed by atoms with Gasteiger partial charge in [-0.2, -0.15) is 0 Å². The maximum atomic E-state index is 12.2. The minimum Gasteiger partial charge on any atom is -0.481 e. The average molecular weight is 312 g/mol. The Morgan fingerprint density at radius 1 is 1.05 bits per heavy atom. The number of likely N-dealkylation sites (tertiary alicyclic amines) is 1. The molecule has 1 atom stereocenters. The van der Waals surface area contributed by atoms with Gasteiger partial charge in [-0.25, -0.2) is 0 Å². The first-order valence-corrected chi connectivity index (χ1v) is 8.48. The molecule has 2 rings (SSSR count). The van der Waals surface area contributed by atoms with Crippen LogP contribution in [0.3, 0.4) is 0 Å². The normalized spacial score (nSPS) is 24.0. The van der Waals surface area contributed by atoms with E-state index in [4.69, 9.17) is 9.84 Å². The van der Waals surface area contributed by atoms with Gasteiger partial charge in [-0.15, -0.1) is 0 Å². The lowest BCUT2D eigenvalue weighted by molar-refractivity contribution is -0.137. The van der Waals surface area contributed by atoms with E-state index in [-0.39, 0.29) is 18.4 Å². The molecule has 1 amide bonds. The summed E-state index contributed by atoms with van der Waals surface area (Å²) in [4.78, 5) is 27.1. The molecule has 0 saturated carbocycles. The Hall–Kier alpha value is -1.14. The van der Waals surface area contributed by atoms with Crippen LogP contribution in [-0.2, 0) is 14.3 Å². The van der Waals surface area contributed by atoms with E-state index in [0.717, 1.165) is 32.6 Å². The standard InChI is InChI=1S/C16H28N2O4/c19-15(6-4-7-16(20)21)18-10-5-11-22-14(13-18)12-17-8-2-1-3-9-17/h14H,1-13H2,(H,20,21)/t14-/m0/s1. The molecule has 2 saturated heterocycles. The van der Waals surface area contributed by atoms with Crippen molar-refractivity contribution in [1.82, 2.24) is 9.80 Å². The average Bonchev–Trinajstić information content (AvgIpc) is 2.73. The van der Waals surface area contributed by atoms with Crippen LogP contribution in [0.4, 0.5) is 0 Å². The summed E-state index contributed by atoms with van der Waals surface area (Å²) in [7, 11) is 0. The highest BCUT2D eigenvalue weighted by molar-refractivity contribution is 5.77. The molecule has 0 bridgehead atoms. The van der Waals surface area contributed by atoms with Gasteiger partial charge in [0.2, 0.25) is 5.91 Å². The number of piperidine rings is 1. The lowest BCUT2D eigenvalue weighted by Gasteiger charge is -2.31. The van der Waals surface area contributed by atoms with Crippen LogP contribution in [0.2, 0.25) is 0 Å². The zero-order chi connectivity index (χ0) is 15.8. The quantitative estimate of drug-likeness (QED) is 0.801. The molecule has 0 aliphatic carbocycles. The third-order valence-electron chi connectivity index (χ3n) is 4.39. The Balaban J connectivity index is 1.78. The predicted molar refractivity (Wildman–Crippen MR) is 82.7 cm³/mol. The summed E-state index contributed by atoms with van der Waals surface area (Å²) in [5, 5.41) is 8.66. The van der Waals surface area contributed by atoms with E-state index in [0.29, 0.717) is 26.0 Å². The van der Waals surface area contributed by atoms with E-state index < -0.39 is 5.97 Å². The molecule has 126 valence electrons. The number of hydrogen-bond acceptors (Lipinski definition) is 4. The van der Waals surface area contributed by atoms with Crippen molar-refractivity contribution in [2.75, 3.05) is 39.3 Å². The van der Waals surface area contributed by atoms with Crippen molar-refractivity contribution in [2.24, 2.45) is 0 Å². The van der Waals surface area contributed by atoms with E-state index in [1.54, 1.807) is 0 Å². The molecular formula is C16H28N2O4. The van der Waals surface area contributed by atoms with Crippen molar-refractivity contribution in [1.29, 1.82) is 0 Å². The highest BCUT2D eigenvalue weighted by atomic mass is 16.5. The lowest BCUT2D eigenvalue weighted by Crippen LogP contribution is -2.43. The Kier molecular flexibility index (Phi) is 7.12. The first-order chi connectivity index (χ1) is 10.6. The van der Waals surface area contributed by atoms with Crippen LogP contribution in [0.1, 0.15) is 44.9 Å². The summed E-state index contributed by atoms with van der Waals surface area (Å²) >= 11 is 0. The first-order valence-electron chi connectivity index (χ1n) is 8.48. The minimum atomic E-state index is -0.838. The van der Waals surface area contributed by atoms with Crippen LogP contribution in [0, 0.1) is 0 Å². The van der Waals surface area contributed by atoms with Gasteiger partial charge in [0.05, 0.1) is 6.10 Å². The molecule has 2 fully saturated rings. The Morgan fingerprint density at radius 2 is 1.82 bits per heavy atom. The topological polar surface area (TPSA) is 70.1 Å². The minimum absolute atomic E-state index is 0.0628. The van der Waals surface area contributed by atoms with Crippen LogP contribution in [0.15, 0.2) is 0 Å². The van der Waals surface area contributed by atoms with Gasteiger partial charge in [0.25, 0.3) is 0 Å². The number of carboxylic acid groups (broad SMARTS) is 1. The number of hydrogen-bond donors (Lipinski definition) is 1. The Labute approximate surface area is 132 Å². The molecule has 0 aromatic heterocycles. The van der Waals surface area contributed by atoms with Crippen LogP contribution < -0.4 is 0 Å². The summed E-state index contributed by atoms with van der Waals surface area (Å²) < 4.78 is 5.90. The number of nitrogens with zero attached hydrogens (tertiary/aromatic N) is 2. The molecule has 0 radical (unpaired) electrons.